The molecule has 1 aliphatic carbocycles. The van der Waals surface area contributed by atoms with Gasteiger partial charge in [0.15, 0.2) is 0 Å². The predicted molar refractivity (Wildman–Crippen MR) is 109 cm³/mol. The van der Waals surface area contributed by atoms with Crippen LogP contribution >= 0.6 is 0 Å². The van der Waals surface area contributed by atoms with E-state index in [9.17, 15) is 9.59 Å². The maximum Gasteiger partial charge on any atom is 0.309 e. The Hall–Kier alpha value is -1.06. The van der Waals surface area contributed by atoms with E-state index in [1.807, 2.05) is 0 Å². The van der Waals surface area contributed by atoms with Crippen molar-refractivity contribution in [3.63, 3.8) is 0 Å². The molecular weight excluding hydrogens is 340 g/mol. The van der Waals surface area contributed by atoms with Crippen LogP contribution in [0, 0.1) is 23.7 Å². The topological polar surface area (TPSA) is 52.6 Å². The van der Waals surface area contributed by atoms with Gasteiger partial charge in [0.25, 0.3) is 0 Å². The third-order valence-corrected chi connectivity index (χ3v) is 5.48. The Morgan fingerprint density at radius 1 is 0.704 bits per heavy atom. The molecule has 27 heavy (non-hydrogen) atoms. The fraction of sp³-hybridized carbons (Fsp3) is 0.913. The second kappa shape index (κ2) is 14.0. The van der Waals surface area contributed by atoms with Crippen LogP contribution in [-0.2, 0) is 19.1 Å². The van der Waals surface area contributed by atoms with Crippen molar-refractivity contribution in [1.29, 1.82) is 0 Å². The number of unbranched alkanes of at least 4 members (excludes halogenated alkanes) is 4. The van der Waals surface area contributed by atoms with Gasteiger partial charge < -0.3 is 9.47 Å². The first-order valence-corrected chi connectivity index (χ1v) is 11.2. The highest BCUT2D eigenvalue weighted by Crippen LogP contribution is 2.32. The first-order valence-electron chi connectivity index (χ1n) is 11.2. The van der Waals surface area contributed by atoms with Crippen molar-refractivity contribution in [2.75, 3.05) is 13.2 Å². The molecule has 0 aromatic rings. The quantitative estimate of drug-likeness (QED) is 0.293. The van der Waals surface area contributed by atoms with Crippen LogP contribution in [0.15, 0.2) is 0 Å². The van der Waals surface area contributed by atoms with Crippen molar-refractivity contribution >= 4 is 11.9 Å². The molecular formula is C23H42O4. The standard InChI is InChI=1S/C23H42O4/c1-18(2)12-8-6-5-7-11-16-26-22(24)20-13-9-10-14-21(20)23(25)27-17-15-19(3)4/h18-21H,5-17H2,1-4H3. The predicted octanol–water partition coefficient (Wildman–Crippen LogP) is 5.92. The number of rotatable bonds is 13. The van der Waals surface area contributed by atoms with Gasteiger partial charge in [-0.05, 0) is 37.5 Å². The van der Waals surface area contributed by atoms with Crippen molar-refractivity contribution in [3.05, 3.63) is 0 Å². The lowest BCUT2D eigenvalue weighted by Crippen LogP contribution is -2.35. The van der Waals surface area contributed by atoms with E-state index in [0.717, 1.165) is 50.9 Å². The van der Waals surface area contributed by atoms with Gasteiger partial charge in [-0.3, -0.25) is 9.59 Å². The van der Waals surface area contributed by atoms with E-state index in [4.69, 9.17) is 9.47 Å². The molecule has 1 saturated carbocycles. The summed E-state index contributed by atoms with van der Waals surface area (Å²) >= 11 is 0. The Balaban J connectivity index is 2.25. The van der Waals surface area contributed by atoms with Crippen molar-refractivity contribution in [2.24, 2.45) is 23.7 Å². The van der Waals surface area contributed by atoms with Crippen molar-refractivity contribution < 1.29 is 19.1 Å². The average molecular weight is 383 g/mol. The Bertz CT molecular complexity index is 417. The fourth-order valence-corrected chi connectivity index (χ4v) is 3.66. The lowest BCUT2D eigenvalue weighted by molar-refractivity contribution is -0.163. The van der Waals surface area contributed by atoms with Crippen LogP contribution in [0.1, 0.15) is 98.3 Å². The summed E-state index contributed by atoms with van der Waals surface area (Å²) < 4.78 is 10.9. The molecule has 1 aliphatic rings. The van der Waals surface area contributed by atoms with Gasteiger partial charge >= 0.3 is 11.9 Å². The minimum absolute atomic E-state index is 0.194. The highest BCUT2D eigenvalue weighted by atomic mass is 16.5. The number of carbonyl (C=O) groups is 2. The van der Waals surface area contributed by atoms with Crippen LogP contribution in [0.4, 0.5) is 0 Å². The molecule has 4 heteroatoms. The third kappa shape index (κ3) is 10.8. The second-order valence-corrected chi connectivity index (χ2v) is 8.97. The number of hydrogen-bond donors (Lipinski definition) is 0. The van der Waals surface area contributed by atoms with Gasteiger partial charge in [-0.1, -0.05) is 72.6 Å². The summed E-state index contributed by atoms with van der Waals surface area (Å²) in [5.41, 5.74) is 0. The Labute approximate surface area is 166 Å². The van der Waals surface area contributed by atoms with Crippen molar-refractivity contribution in [3.8, 4) is 0 Å². The summed E-state index contributed by atoms with van der Waals surface area (Å²) in [5, 5.41) is 0. The maximum atomic E-state index is 12.5. The van der Waals surface area contributed by atoms with E-state index in [1.165, 1.54) is 25.7 Å². The number of ether oxygens (including phenoxy) is 2. The van der Waals surface area contributed by atoms with Gasteiger partial charge in [0.1, 0.15) is 0 Å². The Morgan fingerprint density at radius 3 is 1.74 bits per heavy atom. The van der Waals surface area contributed by atoms with E-state index < -0.39 is 0 Å². The van der Waals surface area contributed by atoms with E-state index in [-0.39, 0.29) is 23.8 Å². The van der Waals surface area contributed by atoms with Gasteiger partial charge in [0, 0.05) is 0 Å². The minimum Gasteiger partial charge on any atom is -0.465 e. The van der Waals surface area contributed by atoms with Crippen LogP contribution in [0.3, 0.4) is 0 Å². The molecule has 0 heterocycles. The molecule has 4 nitrogen and oxygen atoms in total. The van der Waals surface area contributed by atoms with E-state index in [0.29, 0.717) is 19.1 Å². The average Bonchev–Trinajstić information content (AvgIpc) is 2.63. The molecule has 2 unspecified atom stereocenters. The van der Waals surface area contributed by atoms with Crippen molar-refractivity contribution in [2.45, 2.75) is 98.3 Å². The molecule has 0 aromatic carbocycles. The minimum atomic E-state index is -0.311. The van der Waals surface area contributed by atoms with Crippen LogP contribution in [0.25, 0.3) is 0 Å². The highest BCUT2D eigenvalue weighted by molar-refractivity contribution is 5.82. The molecule has 1 rings (SSSR count). The van der Waals surface area contributed by atoms with Gasteiger partial charge in [0.05, 0.1) is 25.0 Å². The number of esters is 2. The smallest absolute Gasteiger partial charge is 0.309 e. The summed E-state index contributed by atoms with van der Waals surface area (Å²) in [6, 6.07) is 0. The Kier molecular flexibility index (Phi) is 12.4. The normalized spacial score (nSPS) is 20.1. The molecule has 2 atom stereocenters. The van der Waals surface area contributed by atoms with Gasteiger partial charge in [-0.15, -0.1) is 0 Å². The summed E-state index contributed by atoms with van der Waals surface area (Å²) in [6.45, 7) is 9.67. The Morgan fingerprint density at radius 2 is 1.19 bits per heavy atom. The highest BCUT2D eigenvalue weighted by Gasteiger charge is 2.37. The molecule has 0 aromatic heterocycles. The summed E-state index contributed by atoms with van der Waals surface area (Å²) in [4.78, 5) is 24.9. The molecule has 0 saturated heterocycles. The van der Waals surface area contributed by atoms with Crippen LogP contribution in [0.5, 0.6) is 0 Å². The SMILES string of the molecule is CC(C)CCCCCCCOC(=O)C1CCCCC1C(=O)OCCC(C)C. The van der Waals surface area contributed by atoms with Crippen LogP contribution in [-0.4, -0.2) is 25.2 Å². The largest absolute Gasteiger partial charge is 0.465 e. The molecule has 0 amide bonds. The zero-order valence-electron chi connectivity index (χ0n) is 18.1. The zero-order valence-corrected chi connectivity index (χ0v) is 18.1. The van der Waals surface area contributed by atoms with Gasteiger partial charge in [-0.2, -0.15) is 0 Å². The third-order valence-electron chi connectivity index (χ3n) is 5.48. The summed E-state index contributed by atoms with van der Waals surface area (Å²) in [5.74, 6) is 0.273. The first-order chi connectivity index (χ1) is 12.9. The monoisotopic (exact) mass is 382 g/mol. The lowest BCUT2D eigenvalue weighted by Gasteiger charge is -2.28. The van der Waals surface area contributed by atoms with Crippen molar-refractivity contribution in [1.82, 2.24) is 0 Å². The first kappa shape index (κ1) is 24.0. The van der Waals surface area contributed by atoms with Gasteiger partial charge in [-0.25, -0.2) is 0 Å². The van der Waals surface area contributed by atoms with Crippen LogP contribution < -0.4 is 0 Å². The maximum absolute atomic E-state index is 12.5. The summed E-state index contributed by atoms with van der Waals surface area (Å²) in [7, 11) is 0. The molecule has 0 bridgehead atoms. The molecule has 0 aliphatic heterocycles. The van der Waals surface area contributed by atoms with Gasteiger partial charge in [0.2, 0.25) is 0 Å². The second-order valence-electron chi connectivity index (χ2n) is 8.97. The van der Waals surface area contributed by atoms with E-state index >= 15 is 0 Å². The molecule has 0 spiro atoms. The lowest BCUT2D eigenvalue weighted by atomic mass is 9.79. The number of carbonyl (C=O) groups excluding carboxylic acids is 2. The van der Waals surface area contributed by atoms with E-state index in [2.05, 4.69) is 27.7 Å². The zero-order chi connectivity index (χ0) is 20.1. The molecule has 1 fully saturated rings. The molecule has 0 N–H and O–H groups in total. The van der Waals surface area contributed by atoms with Crippen LogP contribution in [0.2, 0.25) is 0 Å². The number of hydrogen-bond acceptors (Lipinski definition) is 4. The fourth-order valence-electron chi connectivity index (χ4n) is 3.66. The molecule has 0 radical (unpaired) electrons. The molecule has 158 valence electrons. The summed E-state index contributed by atoms with van der Waals surface area (Å²) in [6.07, 6.45) is 11.4. The van der Waals surface area contributed by atoms with E-state index in [1.54, 1.807) is 0 Å².